The lowest BCUT2D eigenvalue weighted by Gasteiger charge is -2.19. The fourth-order valence-electron chi connectivity index (χ4n) is 2.11. The van der Waals surface area contributed by atoms with Crippen molar-refractivity contribution in [3.8, 4) is 0 Å². The summed E-state index contributed by atoms with van der Waals surface area (Å²) in [5.74, 6) is 1.00. The Morgan fingerprint density at radius 3 is 3.19 bits per heavy atom. The smallest absolute Gasteiger partial charge is 0.157 e. The van der Waals surface area contributed by atoms with Crippen LogP contribution in [0.1, 0.15) is 24.5 Å². The van der Waals surface area contributed by atoms with Gasteiger partial charge in [0.15, 0.2) is 5.65 Å². The van der Waals surface area contributed by atoms with Crippen LogP contribution in [0.5, 0.6) is 0 Å². The van der Waals surface area contributed by atoms with E-state index in [-0.39, 0.29) is 0 Å². The molecule has 5 heteroatoms. The molecule has 84 valence electrons. The average molecular weight is 218 g/mol. The summed E-state index contributed by atoms with van der Waals surface area (Å²) in [5, 5.41) is 4.49. The number of nitrogen functional groups attached to an aromatic ring is 1. The highest BCUT2D eigenvalue weighted by Gasteiger charge is 2.19. The van der Waals surface area contributed by atoms with E-state index in [2.05, 4.69) is 10.1 Å². The van der Waals surface area contributed by atoms with E-state index < -0.39 is 0 Å². The molecule has 5 nitrogen and oxygen atoms in total. The van der Waals surface area contributed by atoms with Crippen LogP contribution in [0.25, 0.3) is 5.65 Å². The third-order valence-corrected chi connectivity index (χ3v) is 2.98. The van der Waals surface area contributed by atoms with Crippen LogP contribution in [-0.2, 0) is 4.74 Å². The molecular weight excluding hydrogens is 204 g/mol. The number of fused-ring (bicyclic) bond motifs is 1. The fourth-order valence-corrected chi connectivity index (χ4v) is 2.11. The number of aromatic nitrogens is 3. The van der Waals surface area contributed by atoms with E-state index in [0.29, 0.717) is 11.7 Å². The van der Waals surface area contributed by atoms with E-state index in [1.807, 2.05) is 6.07 Å². The van der Waals surface area contributed by atoms with Gasteiger partial charge in [0.25, 0.3) is 0 Å². The van der Waals surface area contributed by atoms with Crippen molar-refractivity contribution in [3.05, 3.63) is 24.0 Å². The Labute approximate surface area is 93.2 Å². The third-order valence-electron chi connectivity index (χ3n) is 2.98. The highest BCUT2D eigenvalue weighted by atomic mass is 16.5. The van der Waals surface area contributed by atoms with E-state index in [1.54, 1.807) is 16.8 Å². The SMILES string of the molecule is Nc1ccnc2cc(C3CCCOC3)nn12. The summed E-state index contributed by atoms with van der Waals surface area (Å²) in [4.78, 5) is 4.24. The van der Waals surface area contributed by atoms with Crippen molar-refractivity contribution in [1.82, 2.24) is 14.6 Å². The summed E-state index contributed by atoms with van der Waals surface area (Å²) in [6.45, 7) is 1.62. The summed E-state index contributed by atoms with van der Waals surface area (Å²) in [5.41, 5.74) is 7.67. The Hall–Kier alpha value is -1.62. The van der Waals surface area contributed by atoms with Gasteiger partial charge in [-0.1, -0.05) is 0 Å². The second-order valence-corrected chi connectivity index (χ2v) is 4.12. The Morgan fingerprint density at radius 2 is 2.44 bits per heavy atom. The molecule has 2 aromatic heterocycles. The van der Waals surface area contributed by atoms with Crippen molar-refractivity contribution in [2.75, 3.05) is 18.9 Å². The van der Waals surface area contributed by atoms with Gasteiger partial charge in [-0.25, -0.2) is 4.98 Å². The first-order valence-electron chi connectivity index (χ1n) is 5.52. The quantitative estimate of drug-likeness (QED) is 0.781. The zero-order valence-corrected chi connectivity index (χ0v) is 8.97. The second-order valence-electron chi connectivity index (χ2n) is 4.12. The maximum atomic E-state index is 5.83. The summed E-state index contributed by atoms with van der Waals surface area (Å²) in [6.07, 6.45) is 3.93. The predicted molar refractivity (Wildman–Crippen MR) is 60.2 cm³/mol. The van der Waals surface area contributed by atoms with Gasteiger partial charge in [0.1, 0.15) is 5.82 Å². The Bertz CT molecular complexity index is 502. The van der Waals surface area contributed by atoms with Crippen molar-refractivity contribution in [3.63, 3.8) is 0 Å². The molecule has 2 N–H and O–H groups in total. The van der Waals surface area contributed by atoms with Crippen LogP contribution in [-0.4, -0.2) is 27.8 Å². The molecule has 3 rings (SSSR count). The first-order chi connectivity index (χ1) is 7.84. The van der Waals surface area contributed by atoms with E-state index in [9.17, 15) is 0 Å². The van der Waals surface area contributed by atoms with Crippen LogP contribution in [0.15, 0.2) is 18.3 Å². The number of anilines is 1. The molecule has 3 heterocycles. The standard InChI is InChI=1S/C11H14N4O/c12-10-3-4-13-11-6-9(14-15(10)11)8-2-1-5-16-7-8/h3-4,6,8H,1-2,5,7,12H2. The minimum atomic E-state index is 0.384. The van der Waals surface area contributed by atoms with Crippen LogP contribution in [0.2, 0.25) is 0 Å². The molecule has 2 aromatic rings. The van der Waals surface area contributed by atoms with E-state index >= 15 is 0 Å². The lowest BCUT2D eigenvalue weighted by molar-refractivity contribution is 0.0792. The number of hydrogen-bond donors (Lipinski definition) is 1. The minimum absolute atomic E-state index is 0.384. The van der Waals surface area contributed by atoms with E-state index in [4.69, 9.17) is 10.5 Å². The minimum Gasteiger partial charge on any atom is -0.384 e. The number of nitrogens with two attached hydrogens (primary N) is 1. The Morgan fingerprint density at radius 1 is 1.50 bits per heavy atom. The first-order valence-corrected chi connectivity index (χ1v) is 5.52. The van der Waals surface area contributed by atoms with Gasteiger partial charge in [0.2, 0.25) is 0 Å². The van der Waals surface area contributed by atoms with Crippen LogP contribution in [0.3, 0.4) is 0 Å². The molecule has 0 bridgehead atoms. The molecule has 1 aliphatic heterocycles. The summed E-state index contributed by atoms with van der Waals surface area (Å²) in [6, 6.07) is 3.75. The highest BCUT2D eigenvalue weighted by molar-refractivity contribution is 5.46. The molecule has 0 radical (unpaired) electrons. The first kappa shape index (κ1) is 9.59. The molecule has 0 spiro atoms. The molecule has 0 aromatic carbocycles. The molecule has 1 fully saturated rings. The predicted octanol–water partition coefficient (Wildman–Crippen LogP) is 1.21. The molecule has 0 amide bonds. The summed E-state index contributed by atoms with van der Waals surface area (Å²) < 4.78 is 7.15. The van der Waals surface area contributed by atoms with Gasteiger partial charge in [-0.05, 0) is 18.9 Å². The Balaban J connectivity index is 2.01. The number of ether oxygens (including phenoxy) is 1. The molecule has 1 unspecified atom stereocenters. The van der Waals surface area contributed by atoms with E-state index in [0.717, 1.165) is 37.4 Å². The average Bonchev–Trinajstić information content (AvgIpc) is 2.76. The normalized spacial score (nSPS) is 21.4. The molecular formula is C11H14N4O. The number of nitrogens with zero attached hydrogens (tertiary/aromatic N) is 3. The highest BCUT2D eigenvalue weighted by Crippen LogP contribution is 2.25. The topological polar surface area (TPSA) is 65.4 Å². The largest absolute Gasteiger partial charge is 0.384 e. The summed E-state index contributed by atoms with van der Waals surface area (Å²) in [7, 11) is 0. The van der Waals surface area contributed by atoms with Gasteiger partial charge in [-0.2, -0.15) is 9.61 Å². The maximum absolute atomic E-state index is 5.83. The van der Waals surface area contributed by atoms with Crippen LogP contribution in [0.4, 0.5) is 5.82 Å². The Kier molecular flexibility index (Phi) is 2.25. The monoisotopic (exact) mass is 218 g/mol. The molecule has 16 heavy (non-hydrogen) atoms. The second kappa shape index (κ2) is 3.75. The molecule has 0 saturated carbocycles. The van der Waals surface area contributed by atoms with Gasteiger partial charge in [0, 0.05) is 24.8 Å². The number of hydrogen-bond acceptors (Lipinski definition) is 4. The van der Waals surface area contributed by atoms with Gasteiger partial charge in [-0.3, -0.25) is 0 Å². The van der Waals surface area contributed by atoms with Crippen molar-refractivity contribution in [1.29, 1.82) is 0 Å². The lowest BCUT2D eigenvalue weighted by Crippen LogP contribution is -2.16. The fraction of sp³-hybridized carbons (Fsp3) is 0.455. The lowest BCUT2D eigenvalue weighted by atomic mass is 9.99. The molecule has 0 aliphatic carbocycles. The molecule has 1 atom stereocenters. The van der Waals surface area contributed by atoms with Crippen LogP contribution >= 0.6 is 0 Å². The zero-order valence-electron chi connectivity index (χ0n) is 8.97. The zero-order chi connectivity index (χ0) is 11.0. The van der Waals surface area contributed by atoms with Gasteiger partial charge in [0.05, 0.1) is 12.3 Å². The van der Waals surface area contributed by atoms with Crippen molar-refractivity contribution >= 4 is 11.5 Å². The van der Waals surface area contributed by atoms with E-state index in [1.165, 1.54) is 0 Å². The van der Waals surface area contributed by atoms with Crippen LogP contribution in [0, 0.1) is 0 Å². The third kappa shape index (κ3) is 1.53. The van der Waals surface area contributed by atoms with Gasteiger partial charge >= 0.3 is 0 Å². The van der Waals surface area contributed by atoms with Crippen molar-refractivity contribution < 1.29 is 4.74 Å². The van der Waals surface area contributed by atoms with Crippen LogP contribution < -0.4 is 5.73 Å². The molecule has 1 saturated heterocycles. The maximum Gasteiger partial charge on any atom is 0.157 e. The van der Waals surface area contributed by atoms with Crippen molar-refractivity contribution in [2.24, 2.45) is 0 Å². The van der Waals surface area contributed by atoms with Gasteiger partial charge in [-0.15, -0.1) is 0 Å². The molecule has 1 aliphatic rings. The van der Waals surface area contributed by atoms with Gasteiger partial charge < -0.3 is 10.5 Å². The van der Waals surface area contributed by atoms with Crippen molar-refractivity contribution in [2.45, 2.75) is 18.8 Å². The summed E-state index contributed by atoms with van der Waals surface area (Å²) >= 11 is 0. The number of rotatable bonds is 1.